The maximum atomic E-state index is 12.4. The van der Waals surface area contributed by atoms with Crippen molar-refractivity contribution in [1.82, 2.24) is 15.4 Å². The first-order valence-corrected chi connectivity index (χ1v) is 8.43. The number of nitrogens with zero attached hydrogens (tertiary/aromatic N) is 2. The third-order valence-electron chi connectivity index (χ3n) is 4.25. The van der Waals surface area contributed by atoms with Crippen molar-refractivity contribution in [3.63, 3.8) is 0 Å². The van der Waals surface area contributed by atoms with E-state index in [0.717, 1.165) is 12.1 Å². The minimum absolute atomic E-state index is 0.129. The van der Waals surface area contributed by atoms with Crippen molar-refractivity contribution in [3.8, 4) is 0 Å². The zero-order valence-electron chi connectivity index (χ0n) is 15.2. The van der Waals surface area contributed by atoms with Gasteiger partial charge in [-0.25, -0.2) is 0 Å². The summed E-state index contributed by atoms with van der Waals surface area (Å²) < 4.78 is 5.13. The van der Waals surface area contributed by atoms with Gasteiger partial charge in [-0.2, -0.15) is 0 Å². The van der Waals surface area contributed by atoms with Crippen molar-refractivity contribution in [2.45, 2.75) is 53.2 Å². The second kappa shape index (κ2) is 8.11. The molecule has 0 saturated heterocycles. The summed E-state index contributed by atoms with van der Waals surface area (Å²) in [6.07, 6.45) is 0.678. The molecule has 1 aromatic heterocycles. The molecule has 1 aromatic carbocycles. The summed E-state index contributed by atoms with van der Waals surface area (Å²) in [5, 5.41) is 6.90. The molecular weight excluding hydrogens is 302 g/mol. The molecule has 0 unspecified atom stereocenters. The third kappa shape index (κ3) is 4.45. The van der Waals surface area contributed by atoms with Gasteiger partial charge in [-0.1, -0.05) is 36.3 Å². The Balaban J connectivity index is 2.01. The lowest BCUT2D eigenvalue weighted by Crippen LogP contribution is -2.26. The van der Waals surface area contributed by atoms with Crippen LogP contribution >= 0.6 is 0 Å². The number of aryl methyl sites for hydroxylation is 2. The number of carbonyl (C=O) groups is 1. The Hall–Kier alpha value is -2.14. The van der Waals surface area contributed by atoms with E-state index in [1.807, 2.05) is 19.1 Å². The molecule has 1 N–H and O–H groups in total. The molecule has 1 amide bonds. The average molecular weight is 329 g/mol. The lowest BCUT2D eigenvalue weighted by molar-refractivity contribution is 0.0948. The van der Waals surface area contributed by atoms with Crippen molar-refractivity contribution in [1.29, 1.82) is 0 Å². The summed E-state index contributed by atoms with van der Waals surface area (Å²) in [6.45, 7) is 9.47. The van der Waals surface area contributed by atoms with Crippen LogP contribution < -0.4 is 5.32 Å². The topological polar surface area (TPSA) is 58.4 Å². The van der Waals surface area contributed by atoms with Crippen LogP contribution in [0.5, 0.6) is 0 Å². The molecule has 24 heavy (non-hydrogen) atoms. The van der Waals surface area contributed by atoms with Crippen LogP contribution in [0, 0.1) is 6.92 Å². The van der Waals surface area contributed by atoms with Crippen LogP contribution in [0.25, 0.3) is 0 Å². The zero-order valence-corrected chi connectivity index (χ0v) is 15.2. The van der Waals surface area contributed by atoms with E-state index in [1.54, 1.807) is 6.92 Å². The minimum atomic E-state index is -0.129. The molecule has 130 valence electrons. The number of carbonyl (C=O) groups excluding carboxylic acids is 1. The number of benzene rings is 1. The number of rotatable bonds is 7. The van der Waals surface area contributed by atoms with E-state index >= 15 is 0 Å². The van der Waals surface area contributed by atoms with E-state index in [0.29, 0.717) is 36.0 Å². The summed E-state index contributed by atoms with van der Waals surface area (Å²) in [5.74, 6) is 0.437. The summed E-state index contributed by atoms with van der Waals surface area (Å²) >= 11 is 0. The second-order valence-corrected chi connectivity index (χ2v) is 6.43. The lowest BCUT2D eigenvalue weighted by atomic mass is 10.1. The Morgan fingerprint density at radius 3 is 2.71 bits per heavy atom. The van der Waals surface area contributed by atoms with Gasteiger partial charge in [0.2, 0.25) is 0 Å². The van der Waals surface area contributed by atoms with Crippen LogP contribution in [0.2, 0.25) is 0 Å². The van der Waals surface area contributed by atoms with Crippen molar-refractivity contribution in [3.05, 3.63) is 52.4 Å². The Morgan fingerprint density at radius 1 is 1.33 bits per heavy atom. The predicted octanol–water partition coefficient (Wildman–Crippen LogP) is 3.32. The van der Waals surface area contributed by atoms with E-state index < -0.39 is 0 Å². The summed E-state index contributed by atoms with van der Waals surface area (Å²) in [7, 11) is 2.11. The highest BCUT2D eigenvalue weighted by Crippen LogP contribution is 2.14. The average Bonchev–Trinajstić information content (AvgIpc) is 2.93. The quantitative estimate of drug-likeness (QED) is 0.846. The molecule has 0 radical (unpaired) electrons. The fourth-order valence-corrected chi connectivity index (χ4v) is 2.53. The molecule has 2 rings (SSSR count). The molecule has 1 heterocycles. The number of nitrogens with one attached hydrogen (secondary N) is 1. The van der Waals surface area contributed by atoms with Gasteiger partial charge >= 0.3 is 0 Å². The van der Waals surface area contributed by atoms with Gasteiger partial charge in [0, 0.05) is 19.1 Å². The van der Waals surface area contributed by atoms with Crippen LogP contribution in [-0.4, -0.2) is 29.1 Å². The molecule has 0 aliphatic heterocycles. The number of amides is 1. The van der Waals surface area contributed by atoms with Crippen LogP contribution in [0.15, 0.2) is 28.8 Å². The van der Waals surface area contributed by atoms with E-state index in [4.69, 9.17) is 4.52 Å². The van der Waals surface area contributed by atoms with Crippen LogP contribution in [0.3, 0.4) is 0 Å². The number of hydrogen-bond donors (Lipinski definition) is 1. The molecular formula is C19H27N3O2. The van der Waals surface area contributed by atoms with Gasteiger partial charge < -0.3 is 9.84 Å². The summed E-state index contributed by atoms with van der Waals surface area (Å²) in [5.41, 5.74) is 3.60. The maximum Gasteiger partial charge on any atom is 0.257 e. The van der Waals surface area contributed by atoms with Gasteiger partial charge in [-0.15, -0.1) is 0 Å². The Kier molecular flexibility index (Phi) is 6.15. The van der Waals surface area contributed by atoms with Gasteiger partial charge in [-0.3, -0.25) is 9.69 Å². The van der Waals surface area contributed by atoms with Crippen molar-refractivity contribution >= 4 is 5.91 Å². The van der Waals surface area contributed by atoms with E-state index in [1.165, 1.54) is 5.56 Å². The third-order valence-corrected chi connectivity index (χ3v) is 4.25. The fraction of sp³-hybridized carbons (Fsp3) is 0.474. The van der Waals surface area contributed by atoms with Gasteiger partial charge in [0.25, 0.3) is 5.91 Å². The van der Waals surface area contributed by atoms with Crippen molar-refractivity contribution in [2.24, 2.45) is 0 Å². The van der Waals surface area contributed by atoms with Crippen LogP contribution in [-0.2, 0) is 19.5 Å². The molecule has 0 spiro atoms. The molecule has 0 atom stereocenters. The number of aromatic nitrogens is 1. The Labute approximate surface area is 144 Å². The first-order chi connectivity index (χ1) is 11.4. The molecule has 0 aliphatic carbocycles. The molecule has 5 nitrogen and oxygen atoms in total. The standard InChI is InChI=1S/C19H27N3O2/c1-6-17-18(14(4)24-21-17)19(23)20-11-15-8-7-9-16(10-15)12-22(5)13(2)3/h7-10,13H,6,11-12H2,1-5H3,(H,20,23). The summed E-state index contributed by atoms with van der Waals surface area (Å²) in [6, 6.07) is 8.81. The normalized spacial score (nSPS) is 11.3. The summed E-state index contributed by atoms with van der Waals surface area (Å²) in [4.78, 5) is 14.7. The van der Waals surface area contributed by atoms with E-state index in [-0.39, 0.29) is 5.91 Å². The van der Waals surface area contributed by atoms with Gasteiger partial charge in [0.05, 0.1) is 5.69 Å². The van der Waals surface area contributed by atoms with Gasteiger partial charge in [0.1, 0.15) is 11.3 Å². The highest BCUT2D eigenvalue weighted by molar-refractivity contribution is 5.96. The zero-order chi connectivity index (χ0) is 17.7. The monoisotopic (exact) mass is 329 g/mol. The fourth-order valence-electron chi connectivity index (χ4n) is 2.53. The molecule has 2 aromatic rings. The van der Waals surface area contributed by atoms with Crippen molar-refractivity contribution in [2.75, 3.05) is 7.05 Å². The maximum absolute atomic E-state index is 12.4. The smallest absolute Gasteiger partial charge is 0.257 e. The van der Waals surface area contributed by atoms with Gasteiger partial charge in [-0.05, 0) is 45.4 Å². The van der Waals surface area contributed by atoms with Crippen molar-refractivity contribution < 1.29 is 9.32 Å². The Bertz CT molecular complexity index is 692. The molecule has 0 fully saturated rings. The SMILES string of the molecule is CCc1noc(C)c1C(=O)NCc1cccc(CN(C)C(C)C)c1. The highest BCUT2D eigenvalue weighted by atomic mass is 16.5. The van der Waals surface area contributed by atoms with Gasteiger partial charge in [0.15, 0.2) is 0 Å². The van der Waals surface area contributed by atoms with Crippen LogP contribution in [0.1, 0.15) is 53.7 Å². The molecule has 0 saturated carbocycles. The highest BCUT2D eigenvalue weighted by Gasteiger charge is 2.18. The molecule has 5 heteroatoms. The Morgan fingerprint density at radius 2 is 2.04 bits per heavy atom. The largest absolute Gasteiger partial charge is 0.361 e. The van der Waals surface area contributed by atoms with Crippen LogP contribution in [0.4, 0.5) is 0 Å². The molecule has 0 bridgehead atoms. The van der Waals surface area contributed by atoms with E-state index in [2.05, 4.69) is 48.4 Å². The number of hydrogen-bond acceptors (Lipinski definition) is 4. The second-order valence-electron chi connectivity index (χ2n) is 6.43. The first kappa shape index (κ1) is 18.2. The first-order valence-electron chi connectivity index (χ1n) is 8.43. The molecule has 0 aliphatic rings. The predicted molar refractivity (Wildman–Crippen MR) is 94.8 cm³/mol. The lowest BCUT2D eigenvalue weighted by Gasteiger charge is -2.21. The van der Waals surface area contributed by atoms with E-state index in [9.17, 15) is 4.79 Å². The minimum Gasteiger partial charge on any atom is -0.361 e.